The van der Waals surface area contributed by atoms with E-state index in [1.807, 2.05) is 10.7 Å². The van der Waals surface area contributed by atoms with E-state index in [4.69, 9.17) is 10.1 Å². The molecule has 3 aromatic rings. The van der Waals surface area contributed by atoms with E-state index in [0.717, 1.165) is 54.7 Å². The van der Waals surface area contributed by atoms with Gasteiger partial charge in [-0.3, -0.25) is 4.79 Å². The fourth-order valence-electron chi connectivity index (χ4n) is 3.42. The van der Waals surface area contributed by atoms with Gasteiger partial charge in [-0.2, -0.15) is 0 Å². The number of rotatable bonds is 5. The molecule has 1 N–H and O–H groups in total. The second-order valence-electron chi connectivity index (χ2n) is 8.37. The molecule has 0 aromatic carbocycles. The Labute approximate surface area is 173 Å². The van der Waals surface area contributed by atoms with Crippen LogP contribution in [0, 0.1) is 5.92 Å². The predicted octanol–water partition coefficient (Wildman–Crippen LogP) is 3.73. The topological polar surface area (TPSA) is 62.5 Å². The maximum Gasteiger partial charge on any atom is 0.223 e. The highest BCUT2D eigenvalue weighted by Crippen LogP contribution is 2.30. The lowest BCUT2D eigenvalue weighted by Gasteiger charge is -2.30. The fraction of sp³-hybridized carbons (Fsp3) is 0.550. The number of nitrogens with zero attached hydrogens (tertiary/aromatic N) is 4. The van der Waals surface area contributed by atoms with Crippen LogP contribution in [0.2, 0.25) is 0 Å². The number of amides is 1. The summed E-state index contributed by atoms with van der Waals surface area (Å²) in [6.07, 6.45) is 4.70. The quantitative estimate of drug-likeness (QED) is 0.687. The van der Waals surface area contributed by atoms with Crippen LogP contribution in [0.1, 0.15) is 44.2 Å². The van der Waals surface area contributed by atoms with Crippen molar-refractivity contribution in [2.75, 3.05) is 24.5 Å². The molecule has 8 heteroatoms. The van der Waals surface area contributed by atoms with E-state index >= 15 is 0 Å². The monoisotopic (exact) mass is 417 g/mol. The zero-order chi connectivity index (χ0) is 19.7. The summed E-state index contributed by atoms with van der Waals surface area (Å²) < 4.78 is 1.89. The number of fused-ring (bicyclic) bond motifs is 1. The molecular formula is C20H27N5OS2. The van der Waals surface area contributed by atoms with E-state index in [-0.39, 0.29) is 17.2 Å². The Kier molecular flexibility index (Phi) is 5.42. The van der Waals surface area contributed by atoms with Gasteiger partial charge in [-0.05, 0) is 30.7 Å². The maximum absolute atomic E-state index is 12.4. The van der Waals surface area contributed by atoms with Crippen LogP contribution in [0.15, 0.2) is 23.7 Å². The molecule has 0 spiro atoms. The van der Waals surface area contributed by atoms with Gasteiger partial charge in [0.1, 0.15) is 0 Å². The zero-order valence-electron chi connectivity index (χ0n) is 16.6. The number of hydrogen-bond donors (Lipinski definition) is 1. The molecule has 1 aliphatic rings. The minimum atomic E-state index is 0.0305. The van der Waals surface area contributed by atoms with Crippen molar-refractivity contribution in [1.82, 2.24) is 19.9 Å². The molecule has 0 bridgehead atoms. The molecule has 3 aromatic heterocycles. The van der Waals surface area contributed by atoms with E-state index in [1.54, 1.807) is 22.7 Å². The SMILES string of the molecule is CC(C)(C)c1cn2nc(N3CCC(C(=O)NCCc4cccs4)CC3)sc2n1. The first kappa shape index (κ1) is 19.4. The van der Waals surface area contributed by atoms with Crippen LogP contribution in [0.4, 0.5) is 5.13 Å². The molecule has 1 fully saturated rings. The van der Waals surface area contributed by atoms with Gasteiger partial charge < -0.3 is 10.2 Å². The molecule has 0 unspecified atom stereocenters. The lowest BCUT2D eigenvalue weighted by Crippen LogP contribution is -2.41. The third-order valence-electron chi connectivity index (χ3n) is 5.19. The fourth-order valence-corrected chi connectivity index (χ4v) is 5.06. The summed E-state index contributed by atoms with van der Waals surface area (Å²) in [6, 6.07) is 4.17. The smallest absolute Gasteiger partial charge is 0.223 e. The van der Waals surface area contributed by atoms with Crippen LogP contribution < -0.4 is 10.2 Å². The van der Waals surface area contributed by atoms with Gasteiger partial charge in [-0.1, -0.05) is 38.2 Å². The number of nitrogens with one attached hydrogen (secondary N) is 1. The van der Waals surface area contributed by atoms with Crippen LogP contribution in [-0.2, 0) is 16.6 Å². The minimum Gasteiger partial charge on any atom is -0.355 e. The van der Waals surface area contributed by atoms with Crippen molar-refractivity contribution >= 4 is 38.7 Å². The Morgan fingerprint density at radius 1 is 1.32 bits per heavy atom. The summed E-state index contributed by atoms with van der Waals surface area (Å²) >= 11 is 3.37. The summed E-state index contributed by atoms with van der Waals surface area (Å²) in [6.45, 7) is 8.95. The van der Waals surface area contributed by atoms with Crippen molar-refractivity contribution in [1.29, 1.82) is 0 Å². The Morgan fingerprint density at radius 3 is 2.75 bits per heavy atom. The van der Waals surface area contributed by atoms with Crippen molar-refractivity contribution in [3.8, 4) is 0 Å². The Balaban J connectivity index is 1.29. The number of piperidine rings is 1. The second-order valence-corrected chi connectivity index (χ2v) is 10.3. The van der Waals surface area contributed by atoms with Crippen LogP contribution in [0.5, 0.6) is 0 Å². The number of carbonyl (C=O) groups excluding carboxylic acids is 1. The highest BCUT2D eigenvalue weighted by atomic mass is 32.1. The van der Waals surface area contributed by atoms with Crippen molar-refractivity contribution in [3.63, 3.8) is 0 Å². The summed E-state index contributed by atoms with van der Waals surface area (Å²) in [7, 11) is 0. The molecule has 4 heterocycles. The third kappa shape index (κ3) is 4.22. The van der Waals surface area contributed by atoms with Crippen LogP contribution in [-0.4, -0.2) is 40.1 Å². The maximum atomic E-state index is 12.4. The van der Waals surface area contributed by atoms with E-state index in [1.165, 1.54) is 4.88 Å². The van der Waals surface area contributed by atoms with E-state index in [2.05, 4.69) is 48.5 Å². The number of hydrogen-bond acceptors (Lipinski definition) is 6. The number of anilines is 1. The van der Waals surface area contributed by atoms with Gasteiger partial charge in [0.2, 0.25) is 16.0 Å². The molecule has 0 atom stereocenters. The van der Waals surface area contributed by atoms with Crippen molar-refractivity contribution in [2.45, 2.75) is 45.4 Å². The molecule has 1 aliphatic heterocycles. The lowest BCUT2D eigenvalue weighted by atomic mass is 9.93. The van der Waals surface area contributed by atoms with Gasteiger partial charge in [0.15, 0.2) is 0 Å². The third-order valence-corrected chi connectivity index (χ3v) is 7.11. The van der Waals surface area contributed by atoms with Gasteiger partial charge in [-0.25, -0.2) is 9.50 Å². The van der Waals surface area contributed by atoms with Gasteiger partial charge in [0, 0.05) is 35.8 Å². The van der Waals surface area contributed by atoms with Crippen molar-refractivity contribution in [3.05, 3.63) is 34.3 Å². The molecule has 0 saturated carbocycles. The standard InChI is InChI=1S/C20H27N5OS2/c1-20(2,3)16-13-25-18(22-16)28-19(23-25)24-10-7-14(8-11-24)17(26)21-9-6-15-5-4-12-27-15/h4-5,12-14H,6-11H2,1-3H3,(H,21,26). The summed E-state index contributed by atoms with van der Waals surface area (Å²) in [5.41, 5.74) is 1.10. The van der Waals surface area contributed by atoms with E-state index in [9.17, 15) is 4.79 Å². The number of thiophene rings is 1. The molecule has 4 rings (SSSR count). The first-order valence-electron chi connectivity index (χ1n) is 9.82. The summed E-state index contributed by atoms with van der Waals surface area (Å²) in [5, 5.41) is 10.9. The minimum absolute atomic E-state index is 0.0305. The molecule has 28 heavy (non-hydrogen) atoms. The average Bonchev–Trinajstić information content (AvgIpc) is 3.37. The first-order valence-corrected chi connectivity index (χ1v) is 11.5. The van der Waals surface area contributed by atoms with Gasteiger partial charge >= 0.3 is 0 Å². The molecule has 1 saturated heterocycles. The largest absolute Gasteiger partial charge is 0.355 e. The Hall–Kier alpha value is -1.93. The summed E-state index contributed by atoms with van der Waals surface area (Å²) in [5.74, 6) is 0.302. The highest BCUT2D eigenvalue weighted by Gasteiger charge is 2.27. The van der Waals surface area contributed by atoms with Gasteiger partial charge in [-0.15, -0.1) is 16.4 Å². The van der Waals surface area contributed by atoms with Gasteiger partial charge in [0.25, 0.3) is 0 Å². The Bertz CT molecular complexity index is 898. The van der Waals surface area contributed by atoms with Crippen LogP contribution in [0.3, 0.4) is 0 Å². The summed E-state index contributed by atoms with van der Waals surface area (Å²) in [4.78, 5) is 21.7. The molecule has 150 valence electrons. The molecular weight excluding hydrogens is 390 g/mol. The molecule has 6 nitrogen and oxygen atoms in total. The van der Waals surface area contributed by atoms with Crippen LogP contribution in [0.25, 0.3) is 4.96 Å². The molecule has 0 aliphatic carbocycles. The van der Waals surface area contributed by atoms with Crippen LogP contribution >= 0.6 is 22.7 Å². The second kappa shape index (κ2) is 7.83. The van der Waals surface area contributed by atoms with Gasteiger partial charge in [0.05, 0.1) is 11.9 Å². The number of imidazole rings is 1. The average molecular weight is 418 g/mol. The Morgan fingerprint density at radius 2 is 2.11 bits per heavy atom. The van der Waals surface area contributed by atoms with E-state index < -0.39 is 0 Å². The number of carbonyl (C=O) groups is 1. The van der Waals surface area contributed by atoms with E-state index in [0.29, 0.717) is 0 Å². The zero-order valence-corrected chi connectivity index (χ0v) is 18.3. The normalized spacial score (nSPS) is 16.0. The van der Waals surface area contributed by atoms with Crippen molar-refractivity contribution < 1.29 is 4.79 Å². The lowest BCUT2D eigenvalue weighted by molar-refractivity contribution is -0.125. The van der Waals surface area contributed by atoms with Crippen molar-refractivity contribution in [2.24, 2.45) is 5.92 Å². The highest BCUT2D eigenvalue weighted by molar-refractivity contribution is 7.20. The predicted molar refractivity (Wildman–Crippen MR) is 116 cm³/mol. The number of aromatic nitrogens is 3. The first-order chi connectivity index (χ1) is 13.4. The molecule has 0 radical (unpaired) electrons. The molecule has 1 amide bonds.